The van der Waals surface area contributed by atoms with Crippen LogP contribution in [0.15, 0.2) is 12.1 Å². The first-order chi connectivity index (χ1) is 8.49. The molecule has 0 aromatic carbocycles. The van der Waals surface area contributed by atoms with Gasteiger partial charge < -0.3 is 10.2 Å². The molecular weight excluding hydrogens is 252 g/mol. The Morgan fingerprint density at radius 1 is 1.61 bits per heavy atom. The lowest BCUT2D eigenvalue weighted by Crippen LogP contribution is -2.31. The third-order valence-corrected chi connectivity index (χ3v) is 3.51. The number of pyridine rings is 1. The molecule has 0 aliphatic rings. The minimum absolute atomic E-state index is 0.0487. The fraction of sp³-hybridized carbons (Fsp3) is 0.545. The lowest BCUT2D eigenvalue weighted by molar-refractivity contribution is -0.384. The normalized spacial score (nSPS) is 12.0. The fourth-order valence-corrected chi connectivity index (χ4v) is 2.20. The minimum atomic E-state index is -0.404. The highest BCUT2D eigenvalue weighted by Gasteiger charge is 2.16. The summed E-state index contributed by atoms with van der Waals surface area (Å²) in [6.07, 6.45) is 2.03. The molecule has 0 saturated heterocycles. The molecule has 6 nitrogen and oxygen atoms in total. The zero-order chi connectivity index (χ0) is 13.7. The molecule has 7 heteroatoms. The van der Waals surface area contributed by atoms with Gasteiger partial charge in [-0.15, -0.1) is 0 Å². The lowest BCUT2D eigenvalue weighted by atomic mass is 10.3. The zero-order valence-corrected chi connectivity index (χ0v) is 11.8. The SMILES string of the molecule is CNc1cc([N+](=O)[O-])cc(N(C)C(C)CSC)n1. The Kier molecular flexibility index (Phi) is 5.21. The number of rotatable bonds is 6. The molecule has 0 radical (unpaired) electrons. The number of aromatic nitrogens is 1. The smallest absolute Gasteiger partial charge is 0.276 e. The van der Waals surface area contributed by atoms with Crippen molar-refractivity contribution in [1.29, 1.82) is 0 Å². The van der Waals surface area contributed by atoms with Crippen LogP contribution in [0.4, 0.5) is 17.3 Å². The van der Waals surface area contributed by atoms with Crippen LogP contribution in [0, 0.1) is 10.1 Å². The number of nitrogens with zero attached hydrogens (tertiary/aromatic N) is 3. The van der Waals surface area contributed by atoms with E-state index in [1.807, 2.05) is 18.2 Å². The Hall–Kier alpha value is -1.50. The average Bonchev–Trinajstić information content (AvgIpc) is 2.37. The van der Waals surface area contributed by atoms with Crippen LogP contribution >= 0.6 is 11.8 Å². The molecular formula is C11H18N4O2S. The van der Waals surface area contributed by atoms with Crippen LogP contribution < -0.4 is 10.2 Å². The van der Waals surface area contributed by atoms with Crippen LogP contribution in [0.3, 0.4) is 0 Å². The van der Waals surface area contributed by atoms with Crippen LogP contribution in [-0.4, -0.2) is 42.1 Å². The summed E-state index contributed by atoms with van der Waals surface area (Å²) in [5, 5.41) is 13.7. The largest absolute Gasteiger partial charge is 0.373 e. The highest BCUT2D eigenvalue weighted by molar-refractivity contribution is 7.98. The van der Waals surface area contributed by atoms with Gasteiger partial charge in [0.25, 0.3) is 5.69 Å². The number of anilines is 2. The fourth-order valence-electron chi connectivity index (χ4n) is 1.49. The Labute approximate surface area is 111 Å². The molecule has 18 heavy (non-hydrogen) atoms. The molecule has 1 unspecified atom stereocenters. The summed E-state index contributed by atoms with van der Waals surface area (Å²) in [6, 6.07) is 3.19. The van der Waals surface area contributed by atoms with E-state index in [-0.39, 0.29) is 11.7 Å². The lowest BCUT2D eigenvalue weighted by Gasteiger charge is -2.25. The van der Waals surface area contributed by atoms with Crippen LogP contribution in [0.2, 0.25) is 0 Å². The van der Waals surface area contributed by atoms with Gasteiger partial charge in [0.05, 0.1) is 17.1 Å². The van der Waals surface area contributed by atoms with Crippen molar-refractivity contribution >= 4 is 29.1 Å². The average molecular weight is 270 g/mol. The number of hydrogen-bond acceptors (Lipinski definition) is 6. The van der Waals surface area contributed by atoms with Gasteiger partial charge in [0, 0.05) is 25.9 Å². The highest BCUT2D eigenvalue weighted by atomic mass is 32.2. The molecule has 0 spiro atoms. The van der Waals surface area contributed by atoms with E-state index >= 15 is 0 Å². The predicted octanol–water partition coefficient (Wildman–Crippen LogP) is 2.22. The van der Waals surface area contributed by atoms with Crippen molar-refractivity contribution in [3.63, 3.8) is 0 Å². The Morgan fingerprint density at radius 2 is 2.28 bits per heavy atom. The maximum Gasteiger partial charge on any atom is 0.276 e. The van der Waals surface area contributed by atoms with Gasteiger partial charge in [0.2, 0.25) is 0 Å². The number of nitro groups is 1. The van der Waals surface area contributed by atoms with E-state index in [4.69, 9.17) is 0 Å². The molecule has 1 aromatic rings. The van der Waals surface area contributed by atoms with Gasteiger partial charge in [-0.3, -0.25) is 10.1 Å². The summed E-state index contributed by atoms with van der Waals surface area (Å²) in [7, 11) is 3.59. The number of thioether (sulfide) groups is 1. The molecule has 1 rings (SSSR count). The van der Waals surface area contributed by atoms with Gasteiger partial charge in [-0.25, -0.2) is 4.98 Å². The molecule has 0 amide bonds. The second kappa shape index (κ2) is 6.44. The highest BCUT2D eigenvalue weighted by Crippen LogP contribution is 2.24. The number of nitrogens with one attached hydrogen (secondary N) is 1. The third kappa shape index (κ3) is 3.49. The molecule has 0 saturated carbocycles. The van der Waals surface area contributed by atoms with E-state index in [1.54, 1.807) is 18.8 Å². The Balaban J connectivity index is 3.07. The van der Waals surface area contributed by atoms with Gasteiger partial charge in [-0.2, -0.15) is 11.8 Å². The van der Waals surface area contributed by atoms with Gasteiger partial charge in [-0.1, -0.05) is 0 Å². The summed E-state index contributed by atoms with van der Waals surface area (Å²) in [5.41, 5.74) is 0.0487. The van der Waals surface area contributed by atoms with Gasteiger partial charge in [0.1, 0.15) is 11.6 Å². The van der Waals surface area contributed by atoms with Crippen molar-refractivity contribution in [2.75, 3.05) is 36.3 Å². The molecule has 0 bridgehead atoms. The maximum atomic E-state index is 10.9. The summed E-state index contributed by atoms with van der Waals surface area (Å²) in [4.78, 5) is 16.8. The van der Waals surface area contributed by atoms with Crippen LogP contribution in [0.1, 0.15) is 6.92 Å². The molecule has 0 fully saturated rings. The third-order valence-electron chi connectivity index (χ3n) is 2.69. The van der Waals surface area contributed by atoms with E-state index in [1.165, 1.54) is 12.1 Å². The first kappa shape index (κ1) is 14.6. The van der Waals surface area contributed by atoms with Crippen molar-refractivity contribution in [2.45, 2.75) is 13.0 Å². The van der Waals surface area contributed by atoms with Crippen molar-refractivity contribution in [3.05, 3.63) is 22.2 Å². The summed E-state index contributed by atoms with van der Waals surface area (Å²) in [6.45, 7) is 2.07. The molecule has 1 N–H and O–H groups in total. The van der Waals surface area contributed by atoms with Crippen molar-refractivity contribution < 1.29 is 4.92 Å². The Morgan fingerprint density at radius 3 is 2.78 bits per heavy atom. The molecule has 0 aliphatic heterocycles. The molecule has 1 heterocycles. The van der Waals surface area contributed by atoms with Crippen molar-refractivity contribution in [3.8, 4) is 0 Å². The molecule has 100 valence electrons. The Bertz CT molecular complexity index is 428. The summed E-state index contributed by atoms with van der Waals surface area (Å²) < 4.78 is 0. The minimum Gasteiger partial charge on any atom is -0.373 e. The first-order valence-corrected chi connectivity index (χ1v) is 6.95. The summed E-state index contributed by atoms with van der Waals surface area (Å²) >= 11 is 1.73. The predicted molar refractivity (Wildman–Crippen MR) is 76.7 cm³/mol. The first-order valence-electron chi connectivity index (χ1n) is 5.55. The monoisotopic (exact) mass is 270 g/mol. The van der Waals surface area contributed by atoms with Crippen molar-refractivity contribution in [1.82, 2.24) is 4.98 Å². The second-order valence-corrected chi connectivity index (χ2v) is 4.90. The van der Waals surface area contributed by atoms with E-state index in [2.05, 4.69) is 17.2 Å². The van der Waals surface area contributed by atoms with Crippen LogP contribution in [-0.2, 0) is 0 Å². The zero-order valence-electron chi connectivity index (χ0n) is 11.0. The quantitative estimate of drug-likeness (QED) is 0.631. The maximum absolute atomic E-state index is 10.9. The molecule has 1 aromatic heterocycles. The molecule has 1 atom stereocenters. The van der Waals surface area contributed by atoms with E-state index in [9.17, 15) is 10.1 Å². The van der Waals surface area contributed by atoms with Crippen LogP contribution in [0.5, 0.6) is 0 Å². The van der Waals surface area contributed by atoms with Crippen LogP contribution in [0.25, 0.3) is 0 Å². The van der Waals surface area contributed by atoms with E-state index in [0.717, 1.165) is 5.75 Å². The molecule has 0 aliphatic carbocycles. The standard InChI is InChI=1S/C11H18N4O2S/c1-8(7-18-4)14(3)11-6-9(15(16)17)5-10(12-2)13-11/h5-6,8H,7H2,1-4H3,(H,12,13). The van der Waals surface area contributed by atoms with E-state index < -0.39 is 4.92 Å². The number of hydrogen-bond donors (Lipinski definition) is 1. The van der Waals surface area contributed by atoms with Gasteiger partial charge >= 0.3 is 0 Å². The van der Waals surface area contributed by atoms with Gasteiger partial charge in [-0.05, 0) is 13.2 Å². The summed E-state index contributed by atoms with van der Waals surface area (Å²) in [5.74, 6) is 2.05. The van der Waals surface area contributed by atoms with E-state index in [0.29, 0.717) is 11.6 Å². The van der Waals surface area contributed by atoms with Gasteiger partial charge in [0.15, 0.2) is 0 Å². The topological polar surface area (TPSA) is 71.3 Å². The second-order valence-electron chi connectivity index (χ2n) is 3.99. The van der Waals surface area contributed by atoms with Crippen molar-refractivity contribution in [2.24, 2.45) is 0 Å².